The van der Waals surface area contributed by atoms with Crippen LogP contribution in [0.25, 0.3) is 0 Å². The molecule has 0 radical (unpaired) electrons. The molecule has 2 atom stereocenters. The SMILES string of the molecule is CC1COC(CO)CN1c1ccc(/C(N)=N/O)cn1. The van der Waals surface area contributed by atoms with E-state index in [0.29, 0.717) is 18.7 Å². The Kier molecular flexibility index (Phi) is 4.18. The minimum atomic E-state index is -0.193. The lowest BCUT2D eigenvalue weighted by Crippen LogP contribution is -2.50. The van der Waals surface area contributed by atoms with Crippen LogP contribution in [0.3, 0.4) is 0 Å². The van der Waals surface area contributed by atoms with Gasteiger partial charge in [0.05, 0.1) is 25.4 Å². The van der Waals surface area contributed by atoms with Gasteiger partial charge in [-0.15, -0.1) is 0 Å². The Morgan fingerprint density at radius 3 is 3.00 bits per heavy atom. The number of morpholine rings is 1. The molecule has 7 heteroatoms. The first-order valence-electron chi connectivity index (χ1n) is 6.08. The fourth-order valence-corrected chi connectivity index (χ4v) is 2.01. The van der Waals surface area contributed by atoms with Gasteiger partial charge in [0.25, 0.3) is 0 Å². The molecule has 0 spiro atoms. The Morgan fingerprint density at radius 2 is 2.42 bits per heavy atom. The summed E-state index contributed by atoms with van der Waals surface area (Å²) in [6.07, 6.45) is 1.36. The monoisotopic (exact) mass is 266 g/mol. The number of aliphatic hydroxyl groups excluding tert-OH is 1. The van der Waals surface area contributed by atoms with Crippen molar-refractivity contribution in [2.75, 3.05) is 24.7 Å². The predicted molar refractivity (Wildman–Crippen MR) is 70.4 cm³/mol. The fourth-order valence-electron chi connectivity index (χ4n) is 2.01. The number of anilines is 1. The Hall–Kier alpha value is -1.86. The van der Waals surface area contributed by atoms with Gasteiger partial charge in [-0.2, -0.15) is 0 Å². The fraction of sp³-hybridized carbons (Fsp3) is 0.500. The lowest BCUT2D eigenvalue weighted by atomic mass is 10.2. The molecule has 1 aliphatic heterocycles. The summed E-state index contributed by atoms with van der Waals surface area (Å²) >= 11 is 0. The predicted octanol–water partition coefficient (Wildman–Crippen LogP) is -0.238. The maximum atomic E-state index is 9.16. The Bertz CT molecular complexity index is 449. The Labute approximate surface area is 111 Å². The third-order valence-electron chi connectivity index (χ3n) is 3.15. The summed E-state index contributed by atoms with van der Waals surface area (Å²) in [4.78, 5) is 6.38. The molecule has 2 rings (SSSR count). The van der Waals surface area contributed by atoms with Gasteiger partial charge >= 0.3 is 0 Å². The number of amidine groups is 1. The van der Waals surface area contributed by atoms with Crippen molar-refractivity contribution in [3.63, 3.8) is 0 Å². The van der Waals surface area contributed by atoms with Gasteiger partial charge in [-0.1, -0.05) is 5.16 Å². The lowest BCUT2D eigenvalue weighted by molar-refractivity contribution is -0.0105. The number of oxime groups is 1. The number of nitrogens with zero attached hydrogens (tertiary/aromatic N) is 3. The number of aliphatic hydroxyl groups is 1. The van der Waals surface area contributed by atoms with Crippen molar-refractivity contribution in [1.29, 1.82) is 0 Å². The molecule has 1 aromatic rings. The highest BCUT2D eigenvalue weighted by Crippen LogP contribution is 2.19. The van der Waals surface area contributed by atoms with Gasteiger partial charge in [-0.25, -0.2) is 4.98 Å². The van der Waals surface area contributed by atoms with Crippen molar-refractivity contribution in [3.05, 3.63) is 23.9 Å². The van der Waals surface area contributed by atoms with Crippen LogP contribution in [0.2, 0.25) is 0 Å². The van der Waals surface area contributed by atoms with Gasteiger partial charge < -0.3 is 25.7 Å². The number of ether oxygens (including phenoxy) is 1. The number of nitrogens with two attached hydrogens (primary N) is 1. The van der Waals surface area contributed by atoms with E-state index in [9.17, 15) is 0 Å². The number of rotatable bonds is 3. The first kappa shape index (κ1) is 13.6. The van der Waals surface area contributed by atoms with Crippen LogP contribution < -0.4 is 10.6 Å². The molecule has 2 unspecified atom stereocenters. The molecule has 0 aliphatic carbocycles. The summed E-state index contributed by atoms with van der Waals surface area (Å²) in [5, 5.41) is 20.7. The molecule has 2 heterocycles. The van der Waals surface area contributed by atoms with Crippen LogP contribution in [0.1, 0.15) is 12.5 Å². The van der Waals surface area contributed by atoms with E-state index in [-0.39, 0.29) is 24.6 Å². The molecule has 0 bridgehead atoms. The van der Waals surface area contributed by atoms with Crippen LogP contribution >= 0.6 is 0 Å². The van der Waals surface area contributed by atoms with Crippen LogP contribution in [0.15, 0.2) is 23.5 Å². The van der Waals surface area contributed by atoms with Crippen molar-refractivity contribution in [1.82, 2.24) is 4.98 Å². The smallest absolute Gasteiger partial charge is 0.171 e. The van der Waals surface area contributed by atoms with Crippen molar-refractivity contribution in [2.45, 2.75) is 19.1 Å². The average Bonchev–Trinajstić information content (AvgIpc) is 2.47. The minimum Gasteiger partial charge on any atom is -0.409 e. The largest absolute Gasteiger partial charge is 0.409 e. The van der Waals surface area contributed by atoms with E-state index in [1.165, 1.54) is 0 Å². The number of aromatic nitrogens is 1. The second-order valence-electron chi connectivity index (χ2n) is 4.53. The van der Waals surface area contributed by atoms with Gasteiger partial charge in [-0.3, -0.25) is 0 Å². The summed E-state index contributed by atoms with van der Waals surface area (Å²) in [6, 6.07) is 3.74. The molecule has 19 heavy (non-hydrogen) atoms. The summed E-state index contributed by atoms with van der Waals surface area (Å²) in [5.41, 5.74) is 6.05. The second-order valence-corrected chi connectivity index (χ2v) is 4.53. The van der Waals surface area contributed by atoms with E-state index in [1.807, 2.05) is 13.0 Å². The van der Waals surface area contributed by atoms with Crippen molar-refractivity contribution in [2.24, 2.45) is 10.9 Å². The third-order valence-corrected chi connectivity index (χ3v) is 3.15. The van der Waals surface area contributed by atoms with Gasteiger partial charge in [0.2, 0.25) is 0 Å². The highest BCUT2D eigenvalue weighted by atomic mass is 16.5. The summed E-state index contributed by atoms with van der Waals surface area (Å²) in [5.74, 6) is 0.811. The van der Waals surface area contributed by atoms with Crippen molar-refractivity contribution in [3.8, 4) is 0 Å². The Balaban J connectivity index is 2.16. The van der Waals surface area contributed by atoms with Gasteiger partial charge in [0, 0.05) is 18.3 Å². The molecule has 1 saturated heterocycles. The highest BCUT2D eigenvalue weighted by molar-refractivity contribution is 5.96. The molecule has 0 amide bonds. The second kappa shape index (κ2) is 5.85. The minimum absolute atomic E-state index is 0.00851. The molecule has 0 aromatic carbocycles. The van der Waals surface area contributed by atoms with Crippen LogP contribution in [0.4, 0.5) is 5.82 Å². The van der Waals surface area contributed by atoms with E-state index in [4.69, 9.17) is 20.8 Å². The number of hydrogen-bond donors (Lipinski definition) is 3. The molecule has 4 N–H and O–H groups in total. The van der Waals surface area contributed by atoms with E-state index >= 15 is 0 Å². The normalized spacial score (nSPS) is 24.5. The van der Waals surface area contributed by atoms with E-state index in [2.05, 4.69) is 15.0 Å². The molecular formula is C12H18N4O3. The van der Waals surface area contributed by atoms with Crippen molar-refractivity contribution >= 4 is 11.7 Å². The molecular weight excluding hydrogens is 248 g/mol. The van der Waals surface area contributed by atoms with Crippen LogP contribution in [-0.4, -0.2) is 53.0 Å². The Morgan fingerprint density at radius 1 is 1.63 bits per heavy atom. The molecule has 7 nitrogen and oxygen atoms in total. The first-order chi connectivity index (χ1) is 9.15. The van der Waals surface area contributed by atoms with Crippen LogP contribution in [0, 0.1) is 0 Å². The van der Waals surface area contributed by atoms with Gasteiger partial charge in [0.1, 0.15) is 5.82 Å². The quantitative estimate of drug-likeness (QED) is 0.302. The summed E-state index contributed by atoms with van der Waals surface area (Å²) in [7, 11) is 0. The first-order valence-corrected chi connectivity index (χ1v) is 6.08. The van der Waals surface area contributed by atoms with Crippen LogP contribution in [0.5, 0.6) is 0 Å². The zero-order valence-corrected chi connectivity index (χ0v) is 10.7. The maximum absolute atomic E-state index is 9.16. The zero-order valence-electron chi connectivity index (χ0n) is 10.7. The summed E-state index contributed by atoms with van der Waals surface area (Å²) in [6.45, 7) is 3.17. The summed E-state index contributed by atoms with van der Waals surface area (Å²) < 4.78 is 5.48. The number of hydrogen-bond acceptors (Lipinski definition) is 6. The lowest BCUT2D eigenvalue weighted by Gasteiger charge is -2.38. The van der Waals surface area contributed by atoms with Crippen LogP contribution in [-0.2, 0) is 4.74 Å². The highest BCUT2D eigenvalue weighted by Gasteiger charge is 2.26. The van der Waals surface area contributed by atoms with Crippen molar-refractivity contribution < 1.29 is 15.1 Å². The number of pyridine rings is 1. The third kappa shape index (κ3) is 2.94. The topological polar surface area (TPSA) is 104 Å². The maximum Gasteiger partial charge on any atom is 0.171 e. The molecule has 1 fully saturated rings. The zero-order chi connectivity index (χ0) is 13.8. The average molecular weight is 266 g/mol. The van der Waals surface area contributed by atoms with Gasteiger partial charge in [0.15, 0.2) is 5.84 Å². The standard InChI is InChI=1S/C12H18N4O3/c1-8-7-19-10(6-17)5-16(8)11-3-2-9(4-14-11)12(13)15-18/h2-4,8,10,17-18H,5-7H2,1H3,(H2,13,15). The molecule has 1 aromatic heterocycles. The van der Waals surface area contributed by atoms with E-state index in [1.54, 1.807) is 12.3 Å². The van der Waals surface area contributed by atoms with Gasteiger partial charge in [-0.05, 0) is 19.1 Å². The molecule has 104 valence electrons. The molecule has 1 aliphatic rings. The molecule has 0 saturated carbocycles. The van der Waals surface area contributed by atoms with E-state index in [0.717, 1.165) is 5.82 Å². The van der Waals surface area contributed by atoms with E-state index < -0.39 is 0 Å².